The van der Waals surface area contributed by atoms with Crippen molar-refractivity contribution in [1.29, 1.82) is 0 Å². The van der Waals surface area contributed by atoms with Crippen LogP contribution in [-0.2, 0) is 4.65 Å². The van der Waals surface area contributed by atoms with Gasteiger partial charge in [-0.1, -0.05) is 0 Å². The molecule has 0 saturated heterocycles. The Balaban J connectivity index is 3.67. The van der Waals surface area contributed by atoms with E-state index in [2.05, 4.69) is 7.37 Å². The summed E-state index contributed by atoms with van der Waals surface area (Å²) >= 11 is 0. The standard InChI is InChI=1S/CH4B12O/c1-14-13-12-11-10-9-8-7-6-5-4-3-2/h2H,1H3. The molecule has 0 aromatic rings. The van der Waals surface area contributed by atoms with Crippen molar-refractivity contribution >= 4 is 81.3 Å². The van der Waals surface area contributed by atoms with Crippen LogP contribution in [0.4, 0.5) is 0 Å². The molecule has 0 aliphatic carbocycles. The van der Waals surface area contributed by atoms with Crippen LogP contribution in [0.25, 0.3) is 0 Å². The number of rotatable bonds is 6. The van der Waals surface area contributed by atoms with E-state index >= 15 is 0 Å². The van der Waals surface area contributed by atoms with E-state index in [4.69, 9.17) is 4.65 Å². The van der Waals surface area contributed by atoms with Gasteiger partial charge in [0.25, 0.3) is 0 Å². The van der Waals surface area contributed by atoms with Crippen molar-refractivity contribution < 1.29 is 4.65 Å². The first-order valence-corrected chi connectivity index (χ1v) is 4.39. The Hall–Kier alpha value is 0.579. The zero-order chi connectivity index (χ0) is 10.5. The molecule has 0 fully saturated rings. The van der Waals surface area contributed by atoms with Gasteiger partial charge >= 0.3 is 93.1 Å². The molecule has 50 valence electrons. The monoisotopic (exact) mass is 164 g/mol. The first-order chi connectivity index (χ1) is 6.91. The summed E-state index contributed by atoms with van der Waals surface area (Å²) in [6, 6.07) is 0. The molecule has 0 amide bonds. The molecule has 0 atom stereocenters. The second-order valence-electron chi connectivity index (χ2n) is 2.34. The van der Waals surface area contributed by atoms with E-state index in [1.165, 1.54) is 0 Å². The molecule has 13 heteroatoms. The average molecular weight is 162 g/mol. The molecule has 0 aliphatic heterocycles. The fraction of sp³-hybridized carbons (Fsp3) is 1.00. The van der Waals surface area contributed by atoms with Crippen molar-refractivity contribution in [3.05, 3.63) is 0 Å². The van der Waals surface area contributed by atoms with Gasteiger partial charge in [-0.15, -0.1) is 0 Å². The van der Waals surface area contributed by atoms with E-state index in [0.717, 1.165) is 0 Å². The Morgan fingerprint density at radius 1 is 0.714 bits per heavy atom. The molecule has 0 aliphatic rings. The first kappa shape index (κ1) is 14.6. The minimum atomic E-state index is 1.62. The van der Waals surface area contributed by atoms with Crippen LogP contribution in [0.5, 0.6) is 0 Å². The van der Waals surface area contributed by atoms with E-state index in [1.807, 2.05) is 60.2 Å². The van der Waals surface area contributed by atoms with Gasteiger partial charge in [-0.05, 0) is 0 Å². The van der Waals surface area contributed by atoms with Crippen LogP contribution in [-0.4, -0.2) is 88.4 Å². The summed E-state index contributed by atoms with van der Waals surface area (Å²) in [4.78, 5) is 0. The van der Waals surface area contributed by atoms with Gasteiger partial charge in [0.15, 0.2) is 0 Å². The molecule has 0 unspecified atom stereocenters. The van der Waals surface area contributed by atoms with Crippen LogP contribution in [0.1, 0.15) is 0 Å². The van der Waals surface area contributed by atoms with Crippen molar-refractivity contribution in [2.75, 3.05) is 7.11 Å². The molecule has 0 bridgehead atoms. The second-order valence-corrected chi connectivity index (χ2v) is 2.34. The van der Waals surface area contributed by atoms with E-state index in [0.29, 0.717) is 0 Å². The van der Waals surface area contributed by atoms with E-state index < -0.39 is 0 Å². The summed E-state index contributed by atoms with van der Waals surface area (Å²) in [6.45, 7) is 19.0. The molecule has 0 aromatic heterocycles. The second kappa shape index (κ2) is 13.6. The van der Waals surface area contributed by atoms with Gasteiger partial charge < -0.3 is 0 Å². The normalized spacial score (nSPS) is 6.86. The molecule has 0 heterocycles. The molecular formula is CH4B12O. The summed E-state index contributed by atoms with van der Waals surface area (Å²) in [5.74, 6) is 0. The SMILES string of the molecule is B=BB=BB=BB=BB=BB=BOC. The predicted molar refractivity (Wildman–Crippen MR) is 77.5 cm³/mol. The van der Waals surface area contributed by atoms with Gasteiger partial charge in [-0.2, -0.15) is 0 Å². The first-order valence-electron chi connectivity index (χ1n) is 4.39. The Labute approximate surface area is 93.3 Å². The van der Waals surface area contributed by atoms with Gasteiger partial charge in [0, 0.05) is 0 Å². The summed E-state index contributed by atoms with van der Waals surface area (Å²) in [6.07, 6.45) is 0. The van der Waals surface area contributed by atoms with Gasteiger partial charge in [0.2, 0.25) is 0 Å². The number of hydrogen-bond acceptors (Lipinski definition) is 1. The molecule has 0 aromatic carbocycles. The molecule has 1 nitrogen and oxygen atoms in total. The van der Waals surface area contributed by atoms with Crippen molar-refractivity contribution in [2.45, 2.75) is 0 Å². The fourth-order valence-electron chi connectivity index (χ4n) is 0.652. The molecule has 0 spiro atoms. The van der Waals surface area contributed by atoms with Crippen LogP contribution in [0.3, 0.4) is 0 Å². The zero-order valence-corrected chi connectivity index (χ0v) is 8.47. The van der Waals surface area contributed by atoms with Gasteiger partial charge in [0.1, 0.15) is 0 Å². The maximum atomic E-state index is 4.73. The van der Waals surface area contributed by atoms with Gasteiger partial charge in [-0.25, -0.2) is 0 Å². The maximum absolute atomic E-state index is 4.73. The third-order valence-corrected chi connectivity index (χ3v) is 1.24. The van der Waals surface area contributed by atoms with Gasteiger partial charge in [0.05, 0.1) is 0 Å². The van der Waals surface area contributed by atoms with E-state index in [9.17, 15) is 0 Å². The van der Waals surface area contributed by atoms with Crippen LogP contribution in [0.15, 0.2) is 0 Å². The summed E-state index contributed by atoms with van der Waals surface area (Å²) in [7, 11) is 6.81. The summed E-state index contributed by atoms with van der Waals surface area (Å²) in [5, 5.41) is 0. The van der Waals surface area contributed by atoms with E-state index in [-0.39, 0.29) is 0 Å². The van der Waals surface area contributed by atoms with Crippen molar-refractivity contribution in [2.24, 2.45) is 0 Å². The molecule has 0 radical (unpaired) electrons. The summed E-state index contributed by atoms with van der Waals surface area (Å²) < 4.78 is 4.73. The zero-order valence-electron chi connectivity index (χ0n) is 8.47. The minimum absolute atomic E-state index is 1.62. The molecule has 0 saturated carbocycles. The fourth-order valence-corrected chi connectivity index (χ4v) is 0.652. The third-order valence-electron chi connectivity index (χ3n) is 1.24. The van der Waals surface area contributed by atoms with E-state index in [1.54, 1.807) is 20.8 Å². The van der Waals surface area contributed by atoms with Crippen LogP contribution in [0, 0.1) is 0 Å². The molecule has 14 heavy (non-hydrogen) atoms. The average Bonchev–Trinajstić information content (AvgIpc) is 2.21. The van der Waals surface area contributed by atoms with Crippen molar-refractivity contribution in [1.82, 2.24) is 0 Å². The molecule has 0 rings (SSSR count). The topological polar surface area (TPSA) is 9.23 Å². The van der Waals surface area contributed by atoms with Crippen molar-refractivity contribution in [3.8, 4) is 0 Å². The number of hydrogen-bond donors (Lipinski definition) is 0. The quantitative estimate of drug-likeness (QED) is 0.356. The molecular weight excluding hydrogens is 158 g/mol. The Morgan fingerprint density at radius 3 is 1.57 bits per heavy atom. The Kier molecular flexibility index (Phi) is 14.1. The third kappa shape index (κ3) is 12.6. The van der Waals surface area contributed by atoms with Gasteiger partial charge in [-0.3, -0.25) is 0 Å². The Bertz CT molecular complexity index is 270. The Morgan fingerprint density at radius 2 is 1.14 bits per heavy atom. The van der Waals surface area contributed by atoms with Crippen LogP contribution in [0.2, 0.25) is 0 Å². The summed E-state index contributed by atoms with van der Waals surface area (Å²) in [5.41, 5.74) is 0. The van der Waals surface area contributed by atoms with Crippen LogP contribution < -0.4 is 0 Å². The predicted octanol–water partition coefficient (Wildman–Crippen LogP) is -4.74. The van der Waals surface area contributed by atoms with Crippen molar-refractivity contribution in [3.63, 3.8) is 0 Å². The van der Waals surface area contributed by atoms with Crippen LogP contribution >= 0.6 is 0 Å². The molecule has 0 N–H and O–H groups in total.